The third-order valence-corrected chi connectivity index (χ3v) is 9.36. The van der Waals surface area contributed by atoms with Crippen molar-refractivity contribution in [1.82, 2.24) is 24.9 Å². The summed E-state index contributed by atoms with van der Waals surface area (Å²) in [4.78, 5) is 36.7. The summed E-state index contributed by atoms with van der Waals surface area (Å²) in [6.45, 7) is 3.56. The molecule has 0 unspecified atom stereocenters. The van der Waals surface area contributed by atoms with E-state index in [0.717, 1.165) is 0 Å². The summed E-state index contributed by atoms with van der Waals surface area (Å²) in [7, 11) is 1.42. The largest absolute Gasteiger partial charge is 0.481 e. The van der Waals surface area contributed by atoms with Crippen molar-refractivity contribution in [2.75, 3.05) is 49.8 Å². The molecule has 0 aromatic carbocycles. The molecule has 1 spiro atoms. The van der Waals surface area contributed by atoms with Gasteiger partial charge in [-0.2, -0.15) is 0 Å². The summed E-state index contributed by atoms with van der Waals surface area (Å²) >= 11 is 0. The van der Waals surface area contributed by atoms with E-state index in [1.165, 1.54) is 36.5 Å². The van der Waals surface area contributed by atoms with Crippen molar-refractivity contribution < 1.29 is 46.4 Å². The number of nitrogens with zero attached hydrogens (tertiary/aromatic N) is 7. The fraction of sp³-hybridized carbons (Fsp3) is 0.412. The molecule has 0 saturated carbocycles. The van der Waals surface area contributed by atoms with Crippen molar-refractivity contribution in [3.63, 3.8) is 0 Å². The van der Waals surface area contributed by atoms with Crippen LogP contribution in [-0.2, 0) is 14.3 Å². The van der Waals surface area contributed by atoms with E-state index in [0.29, 0.717) is 43.2 Å². The van der Waals surface area contributed by atoms with E-state index >= 15 is 0 Å². The van der Waals surface area contributed by atoms with Gasteiger partial charge in [0.05, 0.1) is 50.9 Å². The van der Waals surface area contributed by atoms with Crippen LogP contribution in [0.4, 0.5) is 29.1 Å². The summed E-state index contributed by atoms with van der Waals surface area (Å²) in [6.07, 6.45) is -3.81. The number of alkyl halides is 4. The predicted molar refractivity (Wildman–Crippen MR) is 173 cm³/mol. The molecule has 1 N–H and O–H groups in total. The van der Waals surface area contributed by atoms with E-state index in [4.69, 9.17) is 18.9 Å². The maximum Gasteiger partial charge on any atom is 0.326 e. The Morgan fingerprint density at radius 3 is 2.53 bits per heavy atom. The van der Waals surface area contributed by atoms with E-state index in [1.807, 2.05) is 6.92 Å². The monoisotopic (exact) mass is 711 g/mol. The van der Waals surface area contributed by atoms with Gasteiger partial charge in [0.25, 0.3) is 12.9 Å². The summed E-state index contributed by atoms with van der Waals surface area (Å²) in [5.41, 5.74) is 0.907. The van der Waals surface area contributed by atoms with E-state index in [1.54, 1.807) is 30.3 Å². The number of ether oxygens (including phenoxy) is 4. The van der Waals surface area contributed by atoms with Crippen LogP contribution in [-0.4, -0.2) is 99.8 Å². The first-order valence-electron chi connectivity index (χ1n) is 16.1. The lowest BCUT2D eigenvalue weighted by atomic mass is 9.90. The zero-order valence-corrected chi connectivity index (χ0v) is 27.5. The summed E-state index contributed by atoms with van der Waals surface area (Å²) < 4.78 is 78.4. The summed E-state index contributed by atoms with van der Waals surface area (Å²) in [5.74, 6) is -1.62. The molecule has 268 valence electrons. The zero-order chi connectivity index (χ0) is 35.9. The molecule has 13 nitrogen and oxygen atoms in total. The zero-order valence-electron chi connectivity index (χ0n) is 27.5. The van der Waals surface area contributed by atoms with Crippen molar-refractivity contribution in [3.8, 4) is 34.3 Å². The van der Waals surface area contributed by atoms with Crippen LogP contribution in [0.25, 0.3) is 22.5 Å². The normalized spacial score (nSPS) is 21.3. The van der Waals surface area contributed by atoms with Gasteiger partial charge in [0, 0.05) is 43.1 Å². The molecule has 17 heteroatoms. The van der Waals surface area contributed by atoms with Gasteiger partial charge in [-0.25, -0.2) is 42.3 Å². The minimum Gasteiger partial charge on any atom is -0.481 e. The first-order valence-corrected chi connectivity index (χ1v) is 16.1. The maximum atomic E-state index is 14.0. The highest BCUT2D eigenvalue weighted by molar-refractivity contribution is 5.79. The molecular weight excluding hydrogens is 678 g/mol. The van der Waals surface area contributed by atoms with Crippen molar-refractivity contribution in [2.24, 2.45) is 0 Å². The third-order valence-electron chi connectivity index (χ3n) is 9.36. The van der Waals surface area contributed by atoms with Gasteiger partial charge in [-0.3, -0.25) is 4.98 Å². The van der Waals surface area contributed by atoms with Crippen molar-refractivity contribution in [3.05, 3.63) is 66.4 Å². The predicted octanol–water partition coefficient (Wildman–Crippen LogP) is 4.98. The second-order valence-corrected chi connectivity index (χ2v) is 12.4. The Hall–Kier alpha value is -5.16. The number of halogens is 4. The van der Waals surface area contributed by atoms with Crippen LogP contribution in [0.1, 0.15) is 37.7 Å². The number of pyridine rings is 3. The van der Waals surface area contributed by atoms with Crippen molar-refractivity contribution in [2.45, 2.75) is 50.0 Å². The number of rotatable bonds is 10. The van der Waals surface area contributed by atoms with Gasteiger partial charge in [0.15, 0.2) is 5.82 Å². The molecule has 3 saturated heterocycles. The molecule has 4 aromatic rings. The SMILES string of the molecule is COc1cccc(-c2cc(N3C[C@@H](Oc4ncc(-c5ccnc(C(F)F)c5)cc4N4CCOC5(COC5)[C@@H]4C)C[C@H]3C(=O)O)nc(C(F)F)n2)n1. The van der Waals surface area contributed by atoms with Crippen molar-refractivity contribution >= 4 is 17.5 Å². The van der Waals surface area contributed by atoms with E-state index < -0.39 is 42.4 Å². The molecule has 3 fully saturated rings. The fourth-order valence-electron chi connectivity index (χ4n) is 6.57. The van der Waals surface area contributed by atoms with E-state index in [-0.39, 0.29) is 53.7 Å². The minimum absolute atomic E-state index is 0.0302. The molecule has 51 heavy (non-hydrogen) atoms. The molecule has 0 amide bonds. The Kier molecular flexibility index (Phi) is 9.32. The highest BCUT2D eigenvalue weighted by atomic mass is 19.3. The van der Waals surface area contributed by atoms with Gasteiger partial charge < -0.3 is 33.9 Å². The third kappa shape index (κ3) is 6.70. The number of hydrogen-bond donors (Lipinski definition) is 1. The first-order chi connectivity index (χ1) is 24.5. The number of morpholine rings is 1. The Balaban J connectivity index is 1.23. The van der Waals surface area contributed by atoms with Gasteiger partial charge in [-0.05, 0) is 36.8 Å². The number of aromatic nitrogens is 5. The van der Waals surface area contributed by atoms with Crippen LogP contribution in [0.15, 0.2) is 54.9 Å². The molecule has 3 atom stereocenters. The molecule has 4 aromatic heterocycles. The van der Waals surface area contributed by atoms with E-state index in [2.05, 4.69) is 29.8 Å². The average molecular weight is 712 g/mol. The lowest BCUT2D eigenvalue weighted by Gasteiger charge is -2.53. The Morgan fingerprint density at radius 1 is 1.00 bits per heavy atom. The average Bonchev–Trinajstić information content (AvgIpc) is 3.55. The van der Waals surface area contributed by atoms with Gasteiger partial charge in [0.2, 0.25) is 11.8 Å². The molecule has 7 heterocycles. The molecule has 0 bridgehead atoms. The van der Waals surface area contributed by atoms with Gasteiger partial charge >= 0.3 is 5.97 Å². The van der Waals surface area contributed by atoms with E-state index in [9.17, 15) is 27.5 Å². The molecule has 7 rings (SSSR count). The summed E-state index contributed by atoms with van der Waals surface area (Å²) in [5, 5.41) is 10.2. The highest BCUT2D eigenvalue weighted by Gasteiger charge is 2.50. The Labute approximate surface area is 289 Å². The van der Waals surface area contributed by atoms with Crippen LogP contribution >= 0.6 is 0 Å². The number of carboxylic acid groups (broad SMARTS) is 1. The van der Waals surface area contributed by atoms with Crippen LogP contribution in [0, 0.1) is 0 Å². The molecule has 3 aliphatic rings. The molecule has 0 aliphatic carbocycles. The van der Waals surface area contributed by atoms with Crippen LogP contribution in [0.5, 0.6) is 11.8 Å². The molecular formula is C34H33F4N7O6. The second kappa shape index (κ2) is 13.9. The second-order valence-electron chi connectivity index (χ2n) is 12.4. The highest BCUT2D eigenvalue weighted by Crippen LogP contribution is 2.41. The van der Waals surface area contributed by atoms with Crippen LogP contribution in [0.3, 0.4) is 0 Å². The lowest BCUT2D eigenvalue weighted by molar-refractivity contribution is -0.228. The number of carbonyl (C=O) groups is 1. The number of methoxy groups -OCH3 is 1. The number of hydrogen-bond acceptors (Lipinski definition) is 12. The van der Waals surface area contributed by atoms with Crippen LogP contribution in [0.2, 0.25) is 0 Å². The lowest BCUT2D eigenvalue weighted by Crippen LogP contribution is -2.68. The fourth-order valence-corrected chi connectivity index (χ4v) is 6.57. The maximum absolute atomic E-state index is 14.0. The minimum atomic E-state index is -3.05. The number of anilines is 2. The number of carboxylic acids is 1. The first kappa shape index (κ1) is 34.3. The Morgan fingerprint density at radius 2 is 1.82 bits per heavy atom. The molecule has 0 radical (unpaired) electrons. The number of aliphatic carboxylic acids is 1. The van der Waals surface area contributed by atoms with Gasteiger partial charge in [-0.15, -0.1) is 0 Å². The Bertz CT molecular complexity index is 1920. The van der Waals surface area contributed by atoms with Gasteiger partial charge in [0.1, 0.15) is 34.9 Å². The smallest absolute Gasteiger partial charge is 0.326 e. The van der Waals surface area contributed by atoms with Crippen molar-refractivity contribution in [1.29, 1.82) is 0 Å². The molecule has 3 aliphatic heterocycles. The topological polar surface area (TPSA) is 145 Å². The van der Waals surface area contributed by atoms with Gasteiger partial charge in [-0.1, -0.05) is 6.07 Å². The summed E-state index contributed by atoms with van der Waals surface area (Å²) in [6, 6.07) is 9.50. The standard InChI is InChI=1S/C34H33F4N7O6/c1-18-34(16-49-17-34)50-9-8-44(18)25-11-20(19-6-7-39-24(10-19)29(35)36)14-40-32(25)51-21-12-26(33(46)47)45(15-21)27-13-23(42-31(43-27)30(37)38)22-4-3-5-28(41-22)48-2/h3-7,10-11,13-14,18,21,26,29-30H,8-9,12,15-17H2,1-2H3,(H,46,47)/t18-,21-,26-/m0/s1. The quantitative estimate of drug-likeness (QED) is 0.221. The van der Waals surface area contributed by atoms with Crippen LogP contribution < -0.4 is 19.3 Å².